The summed E-state index contributed by atoms with van der Waals surface area (Å²) in [6.07, 6.45) is 0.129. The summed E-state index contributed by atoms with van der Waals surface area (Å²) in [5.74, 6) is -3.57. The predicted molar refractivity (Wildman–Crippen MR) is 48.4 cm³/mol. The Morgan fingerprint density at radius 1 is 1.36 bits per heavy atom. The molecule has 0 saturated heterocycles. The van der Waals surface area contributed by atoms with Gasteiger partial charge in [0.15, 0.2) is 0 Å². The van der Waals surface area contributed by atoms with Gasteiger partial charge in [-0.15, -0.1) is 0 Å². The number of alkyl halides is 2. The van der Waals surface area contributed by atoms with E-state index in [4.69, 9.17) is 5.11 Å². The van der Waals surface area contributed by atoms with E-state index < -0.39 is 21.8 Å². The molecule has 0 saturated carbocycles. The highest BCUT2D eigenvalue weighted by molar-refractivity contribution is 7.89. The molecule has 7 heteroatoms. The monoisotopic (exact) mass is 231 g/mol. The number of halogens is 2. The third-order valence-electron chi connectivity index (χ3n) is 1.80. The molecule has 14 heavy (non-hydrogen) atoms. The summed E-state index contributed by atoms with van der Waals surface area (Å²) in [4.78, 5) is 0. The van der Waals surface area contributed by atoms with E-state index in [1.54, 1.807) is 13.8 Å². The summed E-state index contributed by atoms with van der Waals surface area (Å²) in [6.45, 7) is 3.14. The summed E-state index contributed by atoms with van der Waals surface area (Å²) in [5, 5.41) is 8.60. The normalized spacial score (nSPS) is 15.1. The van der Waals surface area contributed by atoms with Crippen LogP contribution in [0, 0.1) is 5.92 Å². The number of sulfonamides is 1. The second-order valence-electron chi connectivity index (χ2n) is 3.29. The molecule has 2 N–H and O–H groups in total. The van der Waals surface area contributed by atoms with Crippen molar-refractivity contribution < 1.29 is 22.3 Å². The van der Waals surface area contributed by atoms with E-state index in [1.165, 1.54) is 0 Å². The molecule has 0 aromatic rings. The van der Waals surface area contributed by atoms with E-state index in [-0.39, 0.29) is 18.9 Å². The highest BCUT2D eigenvalue weighted by Gasteiger charge is 2.28. The Hall–Kier alpha value is -0.270. The van der Waals surface area contributed by atoms with Crippen molar-refractivity contribution in [3.05, 3.63) is 0 Å². The zero-order chi connectivity index (χ0) is 11.4. The number of hydrogen-bond donors (Lipinski definition) is 2. The van der Waals surface area contributed by atoms with Crippen molar-refractivity contribution in [3.63, 3.8) is 0 Å². The summed E-state index contributed by atoms with van der Waals surface area (Å²) < 4.78 is 47.3. The van der Waals surface area contributed by atoms with Gasteiger partial charge in [-0.1, -0.05) is 13.8 Å². The third kappa shape index (κ3) is 4.30. The molecule has 0 fully saturated rings. The van der Waals surface area contributed by atoms with Crippen LogP contribution in [0.5, 0.6) is 0 Å². The van der Waals surface area contributed by atoms with Crippen LogP contribution in [0.2, 0.25) is 0 Å². The van der Waals surface area contributed by atoms with E-state index in [9.17, 15) is 17.2 Å². The smallest absolute Gasteiger partial charge is 0.350 e. The second kappa shape index (κ2) is 5.57. The zero-order valence-corrected chi connectivity index (χ0v) is 8.89. The Balaban J connectivity index is 4.45. The fourth-order valence-corrected chi connectivity index (χ4v) is 1.84. The molecule has 0 bridgehead atoms. The number of nitrogens with one attached hydrogen (secondary N) is 1. The molecule has 0 rings (SSSR count). The second-order valence-corrected chi connectivity index (χ2v) is 4.97. The zero-order valence-electron chi connectivity index (χ0n) is 8.07. The first-order valence-electron chi connectivity index (χ1n) is 4.21. The first-order chi connectivity index (χ1) is 6.31. The van der Waals surface area contributed by atoms with Crippen LogP contribution in [0.4, 0.5) is 8.78 Å². The molecular weight excluding hydrogens is 216 g/mol. The fraction of sp³-hybridized carbons (Fsp3) is 1.00. The lowest BCUT2D eigenvalue weighted by Crippen LogP contribution is -2.41. The first-order valence-corrected chi connectivity index (χ1v) is 5.76. The minimum atomic E-state index is -4.56. The van der Waals surface area contributed by atoms with Crippen molar-refractivity contribution >= 4 is 10.0 Å². The topological polar surface area (TPSA) is 66.4 Å². The standard InChI is InChI=1S/C7H15F2NO3S/c1-5(2)6(3-4-11)10-14(12,13)7(8)9/h5-7,10-11H,3-4H2,1-2H3. The van der Waals surface area contributed by atoms with Gasteiger partial charge in [0.05, 0.1) is 0 Å². The highest BCUT2D eigenvalue weighted by Crippen LogP contribution is 2.10. The highest BCUT2D eigenvalue weighted by atomic mass is 32.2. The van der Waals surface area contributed by atoms with Crippen molar-refractivity contribution in [2.45, 2.75) is 32.1 Å². The lowest BCUT2D eigenvalue weighted by Gasteiger charge is -2.20. The van der Waals surface area contributed by atoms with Crippen LogP contribution in [0.15, 0.2) is 0 Å². The van der Waals surface area contributed by atoms with Gasteiger partial charge in [0, 0.05) is 12.6 Å². The fourth-order valence-electron chi connectivity index (χ4n) is 0.930. The third-order valence-corrected chi connectivity index (χ3v) is 2.90. The van der Waals surface area contributed by atoms with Gasteiger partial charge in [-0.2, -0.15) is 8.78 Å². The van der Waals surface area contributed by atoms with Gasteiger partial charge < -0.3 is 5.11 Å². The van der Waals surface area contributed by atoms with Gasteiger partial charge in [0.1, 0.15) is 0 Å². The van der Waals surface area contributed by atoms with Crippen LogP contribution in [0.1, 0.15) is 20.3 Å². The predicted octanol–water partition coefficient (Wildman–Crippen LogP) is 0.535. The molecule has 0 aromatic heterocycles. The van der Waals surface area contributed by atoms with Crippen molar-refractivity contribution in [2.75, 3.05) is 6.61 Å². The number of hydrogen-bond acceptors (Lipinski definition) is 3. The van der Waals surface area contributed by atoms with Crippen LogP contribution in [0.25, 0.3) is 0 Å². The van der Waals surface area contributed by atoms with Gasteiger partial charge in [0.2, 0.25) is 0 Å². The SMILES string of the molecule is CC(C)C(CCO)NS(=O)(=O)C(F)F. The lowest BCUT2D eigenvalue weighted by atomic mass is 10.0. The largest absolute Gasteiger partial charge is 0.396 e. The molecular formula is C7H15F2NO3S. The van der Waals surface area contributed by atoms with Crippen molar-refractivity contribution in [1.82, 2.24) is 4.72 Å². The van der Waals surface area contributed by atoms with Crippen LogP contribution >= 0.6 is 0 Å². The van der Waals surface area contributed by atoms with E-state index in [1.807, 2.05) is 4.72 Å². The minimum Gasteiger partial charge on any atom is -0.396 e. The van der Waals surface area contributed by atoms with Crippen LogP contribution in [-0.4, -0.2) is 31.9 Å². The van der Waals surface area contributed by atoms with E-state index in [0.717, 1.165) is 0 Å². The molecule has 86 valence electrons. The van der Waals surface area contributed by atoms with E-state index in [0.29, 0.717) is 0 Å². The molecule has 0 amide bonds. The quantitative estimate of drug-likeness (QED) is 0.701. The molecule has 0 radical (unpaired) electrons. The maximum Gasteiger partial charge on any atom is 0.350 e. The minimum absolute atomic E-state index is 0.129. The van der Waals surface area contributed by atoms with Gasteiger partial charge in [-0.25, -0.2) is 13.1 Å². The number of aliphatic hydroxyl groups is 1. The molecule has 0 aliphatic heterocycles. The van der Waals surface area contributed by atoms with E-state index >= 15 is 0 Å². The molecule has 0 spiro atoms. The first kappa shape index (κ1) is 13.7. The van der Waals surface area contributed by atoms with Crippen LogP contribution in [-0.2, 0) is 10.0 Å². The van der Waals surface area contributed by atoms with Crippen molar-refractivity contribution in [1.29, 1.82) is 0 Å². The van der Waals surface area contributed by atoms with Gasteiger partial charge in [0.25, 0.3) is 10.0 Å². The molecule has 0 aliphatic carbocycles. The Morgan fingerprint density at radius 3 is 2.14 bits per heavy atom. The van der Waals surface area contributed by atoms with E-state index in [2.05, 4.69) is 0 Å². The Labute approximate surface area is 82.4 Å². The molecule has 1 unspecified atom stereocenters. The molecule has 0 heterocycles. The van der Waals surface area contributed by atoms with Gasteiger partial charge in [-0.3, -0.25) is 0 Å². The molecule has 0 aromatic carbocycles. The van der Waals surface area contributed by atoms with Crippen molar-refractivity contribution in [2.24, 2.45) is 5.92 Å². The maximum absolute atomic E-state index is 12.0. The number of aliphatic hydroxyl groups excluding tert-OH is 1. The van der Waals surface area contributed by atoms with Crippen LogP contribution < -0.4 is 4.72 Å². The Bertz CT molecular complexity index is 254. The molecule has 1 atom stereocenters. The van der Waals surface area contributed by atoms with Gasteiger partial charge in [-0.05, 0) is 12.3 Å². The molecule has 4 nitrogen and oxygen atoms in total. The van der Waals surface area contributed by atoms with Crippen LogP contribution in [0.3, 0.4) is 0 Å². The summed E-state index contributed by atoms with van der Waals surface area (Å²) >= 11 is 0. The van der Waals surface area contributed by atoms with Crippen molar-refractivity contribution in [3.8, 4) is 0 Å². The summed E-state index contributed by atoms with van der Waals surface area (Å²) in [7, 11) is -4.56. The number of rotatable bonds is 6. The average molecular weight is 231 g/mol. The Morgan fingerprint density at radius 2 is 1.86 bits per heavy atom. The summed E-state index contributed by atoms with van der Waals surface area (Å²) in [5.41, 5.74) is 0. The summed E-state index contributed by atoms with van der Waals surface area (Å²) in [6, 6.07) is -0.654. The maximum atomic E-state index is 12.0. The Kier molecular flexibility index (Phi) is 5.46. The molecule has 0 aliphatic rings. The lowest BCUT2D eigenvalue weighted by molar-refractivity contribution is 0.224. The van der Waals surface area contributed by atoms with Gasteiger partial charge >= 0.3 is 5.76 Å². The average Bonchev–Trinajstić information content (AvgIpc) is 2.02.